The van der Waals surface area contributed by atoms with E-state index in [1.54, 1.807) is 0 Å². The SMILES string of the molecule is C=CCSCC=C.CCS(=O)(=O)O. The Morgan fingerprint density at radius 1 is 1.31 bits per heavy atom. The summed E-state index contributed by atoms with van der Waals surface area (Å²) in [5.74, 6) is 1.87. The summed E-state index contributed by atoms with van der Waals surface area (Å²) in [5.41, 5.74) is 0. The lowest BCUT2D eigenvalue weighted by Gasteiger charge is -1.85. The summed E-state index contributed by atoms with van der Waals surface area (Å²) >= 11 is 1.82. The van der Waals surface area contributed by atoms with Gasteiger partial charge in [0.15, 0.2) is 0 Å². The number of hydrogen-bond acceptors (Lipinski definition) is 3. The van der Waals surface area contributed by atoms with E-state index in [1.807, 2.05) is 23.9 Å². The maximum atomic E-state index is 9.56. The van der Waals surface area contributed by atoms with E-state index in [1.165, 1.54) is 6.92 Å². The minimum Gasteiger partial charge on any atom is -0.286 e. The van der Waals surface area contributed by atoms with Crippen molar-refractivity contribution < 1.29 is 13.0 Å². The summed E-state index contributed by atoms with van der Waals surface area (Å²) < 4.78 is 26.9. The van der Waals surface area contributed by atoms with Crippen LogP contribution < -0.4 is 0 Å². The van der Waals surface area contributed by atoms with Gasteiger partial charge in [-0.05, 0) is 6.92 Å². The molecule has 78 valence electrons. The molecule has 0 saturated heterocycles. The molecule has 0 aromatic carbocycles. The van der Waals surface area contributed by atoms with Crippen LogP contribution in [0.4, 0.5) is 0 Å². The highest BCUT2D eigenvalue weighted by Crippen LogP contribution is 1.97. The van der Waals surface area contributed by atoms with E-state index in [0.717, 1.165) is 11.5 Å². The van der Waals surface area contributed by atoms with Crippen LogP contribution in [0.2, 0.25) is 0 Å². The standard InChI is InChI=1S/C6H10S.C2H6O3S/c1-3-5-7-6-4-2;1-2-6(3,4)5/h3-4H,1-2,5-6H2;2H2,1H3,(H,3,4,5). The first kappa shape index (κ1) is 15.2. The van der Waals surface area contributed by atoms with Gasteiger partial charge in [0.1, 0.15) is 0 Å². The molecule has 0 amide bonds. The van der Waals surface area contributed by atoms with Gasteiger partial charge >= 0.3 is 0 Å². The number of thioether (sulfide) groups is 1. The fourth-order valence-electron chi connectivity index (χ4n) is 0.235. The highest BCUT2D eigenvalue weighted by Gasteiger charge is 1.93. The molecule has 0 fully saturated rings. The highest BCUT2D eigenvalue weighted by molar-refractivity contribution is 7.99. The number of hydrogen-bond donors (Lipinski definition) is 1. The van der Waals surface area contributed by atoms with Gasteiger partial charge in [-0.15, -0.1) is 13.2 Å². The fourth-order valence-corrected chi connectivity index (χ4v) is 0.704. The molecule has 0 aromatic rings. The van der Waals surface area contributed by atoms with E-state index in [4.69, 9.17) is 4.55 Å². The molecule has 3 nitrogen and oxygen atoms in total. The van der Waals surface area contributed by atoms with Crippen LogP contribution in [0.25, 0.3) is 0 Å². The van der Waals surface area contributed by atoms with Crippen molar-refractivity contribution in [2.45, 2.75) is 6.92 Å². The monoisotopic (exact) mass is 224 g/mol. The predicted octanol–water partition coefficient (Wildman–Crippen LogP) is 1.99. The summed E-state index contributed by atoms with van der Waals surface area (Å²) in [5, 5.41) is 0. The van der Waals surface area contributed by atoms with Crippen LogP contribution in [-0.4, -0.2) is 30.2 Å². The van der Waals surface area contributed by atoms with E-state index in [-0.39, 0.29) is 5.75 Å². The number of rotatable bonds is 5. The second kappa shape index (κ2) is 9.83. The Balaban J connectivity index is 0. The molecule has 0 atom stereocenters. The maximum Gasteiger partial charge on any atom is 0.264 e. The van der Waals surface area contributed by atoms with Crippen molar-refractivity contribution in [3.8, 4) is 0 Å². The Morgan fingerprint density at radius 3 is 1.77 bits per heavy atom. The lowest BCUT2D eigenvalue weighted by Crippen LogP contribution is -1.97. The van der Waals surface area contributed by atoms with Gasteiger partial charge in [0.2, 0.25) is 0 Å². The van der Waals surface area contributed by atoms with Gasteiger partial charge in [-0.1, -0.05) is 12.2 Å². The van der Waals surface area contributed by atoms with E-state index < -0.39 is 10.1 Å². The average molecular weight is 224 g/mol. The van der Waals surface area contributed by atoms with E-state index in [0.29, 0.717) is 0 Å². The minimum absolute atomic E-state index is 0.201. The van der Waals surface area contributed by atoms with Crippen LogP contribution in [0, 0.1) is 0 Å². The smallest absolute Gasteiger partial charge is 0.264 e. The van der Waals surface area contributed by atoms with E-state index in [2.05, 4.69) is 13.2 Å². The molecular weight excluding hydrogens is 208 g/mol. The zero-order valence-corrected chi connectivity index (χ0v) is 9.40. The van der Waals surface area contributed by atoms with Gasteiger partial charge in [-0.2, -0.15) is 20.2 Å². The Morgan fingerprint density at radius 2 is 1.62 bits per heavy atom. The molecule has 0 aliphatic rings. The largest absolute Gasteiger partial charge is 0.286 e. The molecule has 13 heavy (non-hydrogen) atoms. The van der Waals surface area contributed by atoms with Crippen LogP contribution in [0.1, 0.15) is 6.92 Å². The van der Waals surface area contributed by atoms with Crippen LogP contribution in [0.3, 0.4) is 0 Å². The first-order chi connectivity index (χ1) is 5.97. The molecule has 0 bridgehead atoms. The Labute approximate surface area is 84.7 Å². The Kier molecular flexibility index (Phi) is 11.5. The normalized spacial score (nSPS) is 9.69. The Bertz CT molecular complexity index is 212. The van der Waals surface area contributed by atoms with Gasteiger partial charge < -0.3 is 0 Å². The average Bonchev–Trinajstić information content (AvgIpc) is 2.06. The molecule has 0 aromatic heterocycles. The molecule has 5 heteroatoms. The van der Waals surface area contributed by atoms with Gasteiger partial charge in [-0.25, -0.2) is 0 Å². The zero-order chi connectivity index (χ0) is 10.7. The van der Waals surface area contributed by atoms with E-state index >= 15 is 0 Å². The van der Waals surface area contributed by atoms with Crippen LogP contribution in [-0.2, 0) is 10.1 Å². The Hall–Kier alpha value is -0.260. The molecular formula is C8H16O3S2. The van der Waals surface area contributed by atoms with Crippen molar-refractivity contribution >= 4 is 21.9 Å². The summed E-state index contributed by atoms with van der Waals surface area (Å²) in [4.78, 5) is 0. The highest BCUT2D eigenvalue weighted by atomic mass is 32.2. The van der Waals surface area contributed by atoms with Crippen LogP contribution >= 0.6 is 11.8 Å². The van der Waals surface area contributed by atoms with Gasteiger partial charge in [0.25, 0.3) is 10.1 Å². The van der Waals surface area contributed by atoms with Gasteiger partial charge in [0, 0.05) is 11.5 Å². The van der Waals surface area contributed by atoms with Gasteiger partial charge in [-0.3, -0.25) is 4.55 Å². The third kappa shape index (κ3) is 24.5. The molecule has 0 heterocycles. The molecule has 0 saturated carbocycles. The summed E-state index contributed by atoms with van der Waals surface area (Å²) in [7, 11) is -3.66. The summed E-state index contributed by atoms with van der Waals surface area (Å²) in [6.07, 6.45) is 3.79. The maximum absolute atomic E-state index is 9.56. The third-order valence-electron chi connectivity index (χ3n) is 0.836. The lowest BCUT2D eigenvalue weighted by atomic mass is 10.8. The summed E-state index contributed by atoms with van der Waals surface area (Å²) in [6, 6.07) is 0. The fraction of sp³-hybridized carbons (Fsp3) is 0.500. The molecule has 1 N–H and O–H groups in total. The molecule has 0 aliphatic heterocycles. The first-order valence-corrected chi connectivity index (χ1v) is 6.49. The van der Waals surface area contributed by atoms with Crippen molar-refractivity contribution in [1.29, 1.82) is 0 Å². The minimum atomic E-state index is -3.66. The lowest BCUT2D eigenvalue weighted by molar-refractivity contribution is 0.484. The molecule has 0 aliphatic carbocycles. The predicted molar refractivity (Wildman–Crippen MR) is 59.8 cm³/mol. The van der Waals surface area contributed by atoms with Crippen molar-refractivity contribution in [3.63, 3.8) is 0 Å². The quantitative estimate of drug-likeness (QED) is 0.441. The molecule has 0 radical (unpaired) electrons. The van der Waals surface area contributed by atoms with Crippen molar-refractivity contribution in [2.24, 2.45) is 0 Å². The molecule has 0 rings (SSSR count). The van der Waals surface area contributed by atoms with Crippen molar-refractivity contribution in [2.75, 3.05) is 17.3 Å². The zero-order valence-electron chi connectivity index (χ0n) is 7.77. The van der Waals surface area contributed by atoms with E-state index in [9.17, 15) is 8.42 Å². The topological polar surface area (TPSA) is 54.4 Å². The van der Waals surface area contributed by atoms with Crippen LogP contribution in [0.15, 0.2) is 25.3 Å². The molecule has 0 spiro atoms. The van der Waals surface area contributed by atoms with Crippen molar-refractivity contribution in [3.05, 3.63) is 25.3 Å². The third-order valence-corrected chi connectivity index (χ3v) is 2.51. The second-order valence-electron chi connectivity index (χ2n) is 1.99. The first-order valence-electron chi connectivity index (χ1n) is 3.72. The molecule has 0 unspecified atom stereocenters. The van der Waals surface area contributed by atoms with Crippen molar-refractivity contribution in [1.82, 2.24) is 0 Å². The van der Waals surface area contributed by atoms with Crippen LogP contribution in [0.5, 0.6) is 0 Å². The van der Waals surface area contributed by atoms with Gasteiger partial charge in [0.05, 0.1) is 5.75 Å². The summed E-state index contributed by atoms with van der Waals surface area (Å²) in [6.45, 7) is 8.53. The second-order valence-corrected chi connectivity index (χ2v) is 4.80.